The van der Waals surface area contributed by atoms with Gasteiger partial charge in [-0.05, 0) is 42.5 Å². The molecule has 1 N–H and O–H groups in total. The lowest BCUT2D eigenvalue weighted by atomic mass is 10.2. The van der Waals surface area contributed by atoms with Crippen molar-refractivity contribution in [3.63, 3.8) is 0 Å². The number of ether oxygens (including phenoxy) is 3. The van der Waals surface area contributed by atoms with Gasteiger partial charge in [0.1, 0.15) is 0 Å². The molecule has 0 radical (unpaired) electrons. The highest BCUT2D eigenvalue weighted by atomic mass is 16.7. The van der Waals surface area contributed by atoms with Crippen LogP contribution in [0.2, 0.25) is 0 Å². The molecule has 0 amide bonds. The van der Waals surface area contributed by atoms with Crippen LogP contribution in [-0.2, 0) is 9.53 Å². The molecule has 0 aliphatic heterocycles. The van der Waals surface area contributed by atoms with E-state index in [2.05, 4.69) is 0 Å². The first kappa shape index (κ1) is 14.4. The molecule has 5 nitrogen and oxygen atoms in total. The quantitative estimate of drug-likeness (QED) is 0.450. The average molecular weight is 278 g/mol. The van der Waals surface area contributed by atoms with Gasteiger partial charge in [-0.25, -0.2) is 4.79 Å². The molecule has 5 heteroatoms. The second-order valence-corrected chi connectivity index (χ2v) is 4.66. The molecule has 1 aromatic carbocycles. The molecule has 108 valence electrons. The van der Waals surface area contributed by atoms with Crippen LogP contribution in [0, 0.1) is 5.92 Å². The minimum absolute atomic E-state index is 0.192. The predicted molar refractivity (Wildman–Crippen MR) is 73.8 cm³/mol. The van der Waals surface area contributed by atoms with Crippen molar-refractivity contribution < 1.29 is 24.1 Å². The molecule has 1 aromatic rings. The van der Waals surface area contributed by atoms with E-state index in [-0.39, 0.29) is 6.79 Å². The van der Waals surface area contributed by atoms with Crippen LogP contribution in [0.25, 0.3) is 6.08 Å². The molecule has 0 spiro atoms. The Labute approximate surface area is 117 Å². The number of methoxy groups -OCH3 is 1. The van der Waals surface area contributed by atoms with Gasteiger partial charge < -0.3 is 19.3 Å². The number of carboxylic acids is 1. The van der Waals surface area contributed by atoms with E-state index in [0.29, 0.717) is 17.4 Å². The fraction of sp³-hybridized carbons (Fsp3) is 0.400. The molecule has 1 aliphatic rings. The normalized spacial score (nSPS) is 14.4. The standard InChI is InChI=1S/C15H18O5/c1-18-14-8-11(5-7-15(16)17)4-6-13(14)20-10-19-9-12-2-3-12/h4-8,12H,2-3,9-10H2,1H3,(H,16,17)/b7-5+. The summed E-state index contributed by atoms with van der Waals surface area (Å²) >= 11 is 0. The highest BCUT2D eigenvalue weighted by Crippen LogP contribution is 2.30. The minimum atomic E-state index is -0.988. The number of rotatable bonds is 8. The molecular weight excluding hydrogens is 260 g/mol. The molecule has 1 fully saturated rings. The molecule has 0 aromatic heterocycles. The Hall–Kier alpha value is -2.01. The zero-order valence-corrected chi connectivity index (χ0v) is 11.4. The van der Waals surface area contributed by atoms with Crippen LogP contribution in [0.4, 0.5) is 0 Å². The van der Waals surface area contributed by atoms with E-state index >= 15 is 0 Å². The summed E-state index contributed by atoms with van der Waals surface area (Å²) < 4.78 is 16.1. The van der Waals surface area contributed by atoms with Crippen LogP contribution in [0.5, 0.6) is 11.5 Å². The van der Waals surface area contributed by atoms with E-state index in [1.165, 1.54) is 26.0 Å². The van der Waals surface area contributed by atoms with E-state index in [4.69, 9.17) is 19.3 Å². The minimum Gasteiger partial charge on any atom is -0.493 e. The van der Waals surface area contributed by atoms with Crippen molar-refractivity contribution in [3.8, 4) is 11.5 Å². The summed E-state index contributed by atoms with van der Waals surface area (Å²) in [6, 6.07) is 5.22. The third kappa shape index (κ3) is 4.59. The van der Waals surface area contributed by atoms with Crippen LogP contribution in [-0.4, -0.2) is 31.6 Å². The van der Waals surface area contributed by atoms with Crippen LogP contribution in [0.15, 0.2) is 24.3 Å². The fourth-order valence-corrected chi connectivity index (χ4v) is 1.68. The highest BCUT2D eigenvalue weighted by Gasteiger charge is 2.21. The van der Waals surface area contributed by atoms with Crippen molar-refractivity contribution in [2.24, 2.45) is 5.92 Å². The Balaban J connectivity index is 1.91. The summed E-state index contributed by atoms with van der Waals surface area (Å²) in [6.45, 7) is 0.929. The van der Waals surface area contributed by atoms with Gasteiger partial charge in [0.05, 0.1) is 13.7 Å². The smallest absolute Gasteiger partial charge is 0.328 e. The predicted octanol–water partition coefficient (Wildman–Crippen LogP) is 2.56. The van der Waals surface area contributed by atoms with E-state index < -0.39 is 5.97 Å². The monoisotopic (exact) mass is 278 g/mol. The van der Waals surface area contributed by atoms with Crippen molar-refractivity contribution in [1.82, 2.24) is 0 Å². The topological polar surface area (TPSA) is 65.0 Å². The summed E-state index contributed by atoms with van der Waals surface area (Å²) in [4.78, 5) is 10.5. The first-order valence-electron chi connectivity index (χ1n) is 6.48. The summed E-state index contributed by atoms with van der Waals surface area (Å²) in [5, 5.41) is 8.59. The van der Waals surface area contributed by atoms with E-state index in [0.717, 1.165) is 18.2 Å². The second kappa shape index (κ2) is 6.96. The SMILES string of the molecule is COc1cc(/C=C/C(=O)O)ccc1OCOCC1CC1. The molecule has 0 saturated heterocycles. The Morgan fingerprint density at radius 1 is 1.40 bits per heavy atom. The maximum Gasteiger partial charge on any atom is 0.328 e. The van der Waals surface area contributed by atoms with Crippen molar-refractivity contribution in [1.29, 1.82) is 0 Å². The number of hydrogen-bond donors (Lipinski definition) is 1. The van der Waals surface area contributed by atoms with Crippen molar-refractivity contribution >= 4 is 12.0 Å². The molecule has 20 heavy (non-hydrogen) atoms. The third-order valence-electron chi connectivity index (χ3n) is 2.95. The highest BCUT2D eigenvalue weighted by molar-refractivity contribution is 5.85. The zero-order chi connectivity index (χ0) is 14.4. The Morgan fingerprint density at radius 2 is 2.20 bits per heavy atom. The number of hydrogen-bond acceptors (Lipinski definition) is 4. The summed E-state index contributed by atoms with van der Waals surface area (Å²) in [5.74, 6) is 0.838. The molecule has 0 bridgehead atoms. The molecule has 0 unspecified atom stereocenters. The van der Waals surface area contributed by atoms with Gasteiger partial charge >= 0.3 is 5.97 Å². The first-order valence-corrected chi connectivity index (χ1v) is 6.48. The number of carbonyl (C=O) groups is 1. The van der Waals surface area contributed by atoms with Gasteiger partial charge in [0.25, 0.3) is 0 Å². The Bertz CT molecular complexity index is 491. The van der Waals surface area contributed by atoms with Gasteiger partial charge in [-0.15, -0.1) is 0 Å². The zero-order valence-electron chi connectivity index (χ0n) is 11.4. The Kier molecular flexibility index (Phi) is 5.01. The third-order valence-corrected chi connectivity index (χ3v) is 2.95. The van der Waals surface area contributed by atoms with Gasteiger partial charge in [0, 0.05) is 6.08 Å². The van der Waals surface area contributed by atoms with E-state index in [1.807, 2.05) is 0 Å². The summed E-state index contributed by atoms with van der Waals surface area (Å²) in [7, 11) is 1.54. The second-order valence-electron chi connectivity index (χ2n) is 4.66. The molecular formula is C15H18O5. The molecule has 0 heterocycles. The lowest BCUT2D eigenvalue weighted by Crippen LogP contribution is -2.06. The molecule has 2 rings (SSSR count). The van der Waals surface area contributed by atoms with Crippen molar-refractivity contribution in [2.75, 3.05) is 20.5 Å². The van der Waals surface area contributed by atoms with Gasteiger partial charge in [-0.2, -0.15) is 0 Å². The number of benzene rings is 1. The fourth-order valence-electron chi connectivity index (χ4n) is 1.68. The largest absolute Gasteiger partial charge is 0.493 e. The average Bonchev–Trinajstić information content (AvgIpc) is 3.26. The van der Waals surface area contributed by atoms with Gasteiger partial charge in [0.2, 0.25) is 0 Å². The van der Waals surface area contributed by atoms with Crippen molar-refractivity contribution in [2.45, 2.75) is 12.8 Å². The van der Waals surface area contributed by atoms with Gasteiger partial charge in [0.15, 0.2) is 18.3 Å². The van der Waals surface area contributed by atoms with Gasteiger partial charge in [-0.1, -0.05) is 6.07 Å². The van der Waals surface area contributed by atoms with E-state index in [9.17, 15) is 4.79 Å². The first-order chi connectivity index (χ1) is 9.69. The maximum absolute atomic E-state index is 10.5. The lowest BCUT2D eigenvalue weighted by Gasteiger charge is -2.11. The van der Waals surface area contributed by atoms with Crippen LogP contribution >= 0.6 is 0 Å². The number of aliphatic carboxylic acids is 1. The Morgan fingerprint density at radius 3 is 2.85 bits per heavy atom. The lowest BCUT2D eigenvalue weighted by molar-refractivity contribution is -0.131. The summed E-state index contributed by atoms with van der Waals surface area (Å²) in [6.07, 6.45) is 5.06. The maximum atomic E-state index is 10.5. The number of carboxylic acid groups (broad SMARTS) is 1. The van der Waals surface area contributed by atoms with Crippen LogP contribution in [0.3, 0.4) is 0 Å². The van der Waals surface area contributed by atoms with Crippen molar-refractivity contribution in [3.05, 3.63) is 29.8 Å². The molecule has 1 saturated carbocycles. The van der Waals surface area contributed by atoms with Gasteiger partial charge in [-0.3, -0.25) is 0 Å². The van der Waals surface area contributed by atoms with Crippen LogP contribution in [0.1, 0.15) is 18.4 Å². The molecule has 1 aliphatic carbocycles. The molecule has 0 atom stereocenters. The van der Waals surface area contributed by atoms with E-state index in [1.54, 1.807) is 18.2 Å². The van der Waals surface area contributed by atoms with Crippen LogP contribution < -0.4 is 9.47 Å². The summed E-state index contributed by atoms with van der Waals surface area (Å²) in [5.41, 5.74) is 0.732.